The lowest BCUT2D eigenvalue weighted by molar-refractivity contribution is 0.353. The summed E-state index contributed by atoms with van der Waals surface area (Å²) in [6, 6.07) is 6.18. The third-order valence-corrected chi connectivity index (χ3v) is 2.99. The second-order valence-electron chi connectivity index (χ2n) is 4.05. The summed E-state index contributed by atoms with van der Waals surface area (Å²) in [6.45, 7) is 2.40. The minimum atomic E-state index is 0. The molecule has 2 nitrogen and oxygen atoms in total. The topological polar surface area (TPSA) is 24.9 Å². The van der Waals surface area contributed by atoms with Crippen LogP contribution in [-0.4, -0.2) is 18.1 Å². The maximum Gasteiger partial charge on any atom is 0.0403 e. The highest BCUT2D eigenvalue weighted by molar-refractivity contribution is 5.85. The molecule has 1 saturated heterocycles. The van der Waals surface area contributed by atoms with Gasteiger partial charge in [0, 0.05) is 11.9 Å². The minimum Gasteiger partial charge on any atom is -0.317 e. The first kappa shape index (κ1) is 12.5. The highest BCUT2D eigenvalue weighted by atomic mass is 35.5. The summed E-state index contributed by atoms with van der Waals surface area (Å²) in [4.78, 5) is 4.35. The SMILES string of the molecule is Cl.c1ccc(CCC2CCNCC2)nc1. The van der Waals surface area contributed by atoms with Crippen molar-refractivity contribution in [2.24, 2.45) is 5.92 Å². The van der Waals surface area contributed by atoms with E-state index in [9.17, 15) is 0 Å². The Hall–Kier alpha value is -0.600. The van der Waals surface area contributed by atoms with Crippen LogP contribution in [0.5, 0.6) is 0 Å². The maximum absolute atomic E-state index is 4.35. The average Bonchev–Trinajstić information content (AvgIpc) is 2.29. The summed E-state index contributed by atoms with van der Waals surface area (Å²) in [6.07, 6.45) is 7.02. The molecule has 0 saturated carbocycles. The Kier molecular flexibility index (Phi) is 5.66. The van der Waals surface area contributed by atoms with Gasteiger partial charge in [0.25, 0.3) is 0 Å². The Bertz CT molecular complexity index is 258. The molecule has 0 radical (unpaired) electrons. The predicted octanol–water partition coefficient (Wildman–Crippen LogP) is 2.44. The van der Waals surface area contributed by atoms with Gasteiger partial charge in [-0.3, -0.25) is 4.98 Å². The van der Waals surface area contributed by atoms with E-state index in [1.165, 1.54) is 38.0 Å². The molecule has 0 aliphatic carbocycles. The molecule has 1 fully saturated rings. The van der Waals surface area contributed by atoms with Gasteiger partial charge in [-0.05, 0) is 56.8 Å². The first-order valence-electron chi connectivity index (χ1n) is 5.56. The Labute approximate surface area is 97.9 Å². The van der Waals surface area contributed by atoms with Crippen LogP contribution in [-0.2, 0) is 6.42 Å². The number of pyridine rings is 1. The van der Waals surface area contributed by atoms with Crippen molar-refractivity contribution < 1.29 is 0 Å². The van der Waals surface area contributed by atoms with E-state index in [2.05, 4.69) is 22.4 Å². The number of nitrogens with zero attached hydrogens (tertiary/aromatic N) is 1. The molecule has 2 heterocycles. The molecular weight excluding hydrogens is 208 g/mol. The molecule has 0 spiro atoms. The summed E-state index contributed by atoms with van der Waals surface area (Å²) in [5, 5.41) is 3.40. The quantitative estimate of drug-likeness (QED) is 0.857. The summed E-state index contributed by atoms with van der Waals surface area (Å²) in [5.74, 6) is 0.915. The van der Waals surface area contributed by atoms with Crippen molar-refractivity contribution in [2.75, 3.05) is 13.1 Å². The fraction of sp³-hybridized carbons (Fsp3) is 0.583. The van der Waals surface area contributed by atoms with Crippen LogP contribution in [0.3, 0.4) is 0 Å². The van der Waals surface area contributed by atoms with Crippen LogP contribution < -0.4 is 5.32 Å². The van der Waals surface area contributed by atoms with Crippen molar-refractivity contribution in [1.82, 2.24) is 10.3 Å². The molecule has 0 unspecified atom stereocenters. The van der Waals surface area contributed by atoms with Gasteiger partial charge in [-0.15, -0.1) is 12.4 Å². The van der Waals surface area contributed by atoms with E-state index in [1.54, 1.807) is 0 Å². The van der Waals surface area contributed by atoms with E-state index in [0.717, 1.165) is 12.3 Å². The Morgan fingerprint density at radius 1 is 1.27 bits per heavy atom. The van der Waals surface area contributed by atoms with E-state index < -0.39 is 0 Å². The van der Waals surface area contributed by atoms with Gasteiger partial charge in [0.05, 0.1) is 0 Å². The lowest BCUT2D eigenvalue weighted by Crippen LogP contribution is -2.27. The zero-order chi connectivity index (χ0) is 9.64. The van der Waals surface area contributed by atoms with Gasteiger partial charge >= 0.3 is 0 Å². The molecule has 0 atom stereocenters. The lowest BCUT2D eigenvalue weighted by Gasteiger charge is -2.22. The molecule has 1 aliphatic heterocycles. The molecule has 15 heavy (non-hydrogen) atoms. The minimum absolute atomic E-state index is 0. The third kappa shape index (κ3) is 4.18. The highest BCUT2D eigenvalue weighted by Crippen LogP contribution is 2.17. The summed E-state index contributed by atoms with van der Waals surface area (Å²) in [5.41, 5.74) is 1.24. The van der Waals surface area contributed by atoms with Crippen LogP contribution in [0.4, 0.5) is 0 Å². The molecule has 1 aliphatic rings. The second kappa shape index (κ2) is 6.81. The summed E-state index contributed by atoms with van der Waals surface area (Å²) >= 11 is 0. The Balaban J connectivity index is 0.00000112. The number of halogens is 1. The van der Waals surface area contributed by atoms with E-state index in [1.807, 2.05) is 12.3 Å². The summed E-state index contributed by atoms with van der Waals surface area (Å²) in [7, 11) is 0. The number of aryl methyl sites for hydroxylation is 1. The largest absolute Gasteiger partial charge is 0.317 e. The zero-order valence-electron chi connectivity index (χ0n) is 8.98. The van der Waals surface area contributed by atoms with Crippen LogP contribution in [0.25, 0.3) is 0 Å². The van der Waals surface area contributed by atoms with Gasteiger partial charge in [-0.25, -0.2) is 0 Å². The van der Waals surface area contributed by atoms with Gasteiger partial charge in [-0.2, -0.15) is 0 Å². The molecule has 0 bridgehead atoms. The van der Waals surface area contributed by atoms with Crippen molar-refractivity contribution >= 4 is 12.4 Å². The van der Waals surface area contributed by atoms with E-state index in [0.29, 0.717) is 0 Å². The van der Waals surface area contributed by atoms with Crippen LogP contribution in [0.1, 0.15) is 25.0 Å². The molecule has 0 aromatic carbocycles. The molecule has 1 aromatic rings. The Morgan fingerprint density at radius 2 is 2.07 bits per heavy atom. The smallest absolute Gasteiger partial charge is 0.0403 e. The highest BCUT2D eigenvalue weighted by Gasteiger charge is 2.12. The maximum atomic E-state index is 4.35. The normalized spacial score (nSPS) is 17.1. The third-order valence-electron chi connectivity index (χ3n) is 2.99. The van der Waals surface area contributed by atoms with Crippen molar-refractivity contribution in [3.8, 4) is 0 Å². The zero-order valence-corrected chi connectivity index (χ0v) is 9.80. The number of piperidine rings is 1. The fourth-order valence-electron chi connectivity index (χ4n) is 2.07. The standard InChI is InChI=1S/C12H18N2.ClH/c1-2-8-14-12(3-1)5-4-11-6-9-13-10-7-11;/h1-3,8,11,13H,4-7,9-10H2;1H. The van der Waals surface area contributed by atoms with Gasteiger partial charge in [0.15, 0.2) is 0 Å². The summed E-state index contributed by atoms with van der Waals surface area (Å²) < 4.78 is 0. The monoisotopic (exact) mass is 226 g/mol. The number of rotatable bonds is 3. The van der Waals surface area contributed by atoms with Gasteiger partial charge < -0.3 is 5.32 Å². The number of hydrogen-bond donors (Lipinski definition) is 1. The Morgan fingerprint density at radius 3 is 2.73 bits per heavy atom. The van der Waals surface area contributed by atoms with Gasteiger partial charge in [-0.1, -0.05) is 6.07 Å². The molecule has 1 N–H and O–H groups in total. The van der Waals surface area contributed by atoms with E-state index >= 15 is 0 Å². The van der Waals surface area contributed by atoms with Gasteiger partial charge in [0.1, 0.15) is 0 Å². The lowest BCUT2D eigenvalue weighted by atomic mass is 9.92. The number of aromatic nitrogens is 1. The molecule has 0 amide bonds. The molecular formula is C12H19ClN2. The van der Waals surface area contributed by atoms with Crippen LogP contribution in [0.15, 0.2) is 24.4 Å². The van der Waals surface area contributed by atoms with Crippen LogP contribution >= 0.6 is 12.4 Å². The molecule has 2 rings (SSSR count). The molecule has 1 aromatic heterocycles. The van der Waals surface area contributed by atoms with E-state index in [4.69, 9.17) is 0 Å². The van der Waals surface area contributed by atoms with Crippen molar-refractivity contribution in [3.05, 3.63) is 30.1 Å². The number of hydrogen-bond acceptors (Lipinski definition) is 2. The van der Waals surface area contributed by atoms with Gasteiger partial charge in [0.2, 0.25) is 0 Å². The fourth-order valence-corrected chi connectivity index (χ4v) is 2.07. The molecule has 84 valence electrons. The average molecular weight is 227 g/mol. The van der Waals surface area contributed by atoms with Crippen molar-refractivity contribution in [2.45, 2.75) is 25.7 Å². The van der Waals surface area contributed by atoms with Crippen LogP contribution in [0.2, 0.25) is 0 Å². The first-order valence-corrected chi connectivity index (χ1v) is 5.56. The number of nitrogens with one attached hydrogen (secondary N) is 1. The van der Waals surface area contributed by atoms with Crippen LogP contribution in [0, 0.1) is 5.92 Å². The second-order valence-corrected chi connectivity index (χ2v) is 4.05. The molecule has 3 heteroatoms. The van der Waals surface area contributed by atoms with Crippen molar-refractivity contribution in [3.63, 3.8) is 0 Å². The van der Waals surface area contributed by atoms with E-state index in [-0.39, 0.29) is 12.4 Å². The van der Waals surface area contributed by atoms with Crippen molar-refractivity contribution in [1.29, 1.82) is 0 Å². The predicted molar refractivity (Wildman–Crippen MR) is 65.4 cm³/mol. The first-order chi connectivity index (χ1) is 6.95.